The second-order valence-corrected chi connectivity index (χ2v) is 5.25. The molecule has 8 heteroatoms. The van der Waals surface area contributed by atoms with E-state index in [0.29, 0.717) is 24.9 Å². The van der Waals surface area contributed by atoms with Crippen molar-refractivity contribution in [3.8, 4) is 0 Å². The second kappa shape index (κ2) is 6.04. The fraction of sp³-hybridized carbons (Fsp3) is 0.538. The van der Waals surface area contributed by atoms with Crippen LogP contribution < -0.4 is 5.32 Å². The number of nitro groups is 1. The van der Waals surface area contributed by atoms with E-state index in [4.69, 9.17) is 0 Å². The summed E-state index contributed by atoms with van der Waals surface area (Å²) in [6.07, 6.45) is 2.00. The second-order valence-electron chi connectivity index (χ2n) is 5.25. The molecule has 1 aliphatic heterocycles. The van der Waals surface area contributed by atoms with Crippen LogP contribution in [0, 0.1) is 10.1 Å². The van der Waals surface area contributed by atoms with Gasteiger partial charge in [-0.15, -0.1) is 0 Å². The van der Waals surface area contributed by atoms with Crippen LogP contribution in [0.4, 0.5) is 11.5 Å². The summed E-state index contributed by atoms with van der Waals surface area (Å²) in [4.78, 5) is 30.7. The fourth-order valence-electron chi connectivity index (χ4n) is 2.42. The predicted molar refractivity (Wildman–Crippen MR) is 78.4 cm³/mol. The lowest BCUT2D eigenvalue weighted by molar-refractivity contribution is -0.385. The van der Waals surface area contributed by atoms with Gasteiger partial charge in [-0.05, 0) is 20.5 Å². The molecular weight excluding hydrogens is 274 g/mol. The molecule has 0 aromatic carbocycles. The van der Waals surface area contributed by atoms with Crippen molar-refractivity contribution in [2.24, 2.45) is 0 Å². The standard InChI is InChI=1S/C13H19N5O3/c1-14-12-6-10(11(7-15-12)18(20)21)13(19)17-5-4-9(8-17)16(2)3/h6-7,9H,4-5,8H2,1-3H3,(H,14,15). The van der Waals surface area contributed by atoms with Crippen molar-refractivity contribution in [3.63, 3.8) is 0 Å². The number of rotatable bonds is 4. The molecule has 1 aromatic rings. The van der Waals surface area contributed by atoms with Gasteiger partial charge in [0.05, 0.1) is 4.92 Å². The highest BCUT2D eigenvalue weighted by atomic mass is 16.6. The molecule has 2 rings (SSSR count). The summed E-state index contributed by atoms with van der Waals surface area (Å²) in [6.45, 7) is 1.19. The summed E-state index contributed by atoms with van der Waals surface area (Å²) in [5, 5.41) is 13.9. The Kier molecular flexibility index (Phi) is 4.37. The molecule has 0 spiro atoms. The Hall–Kier alpha value is -2.22. The van der Waals surface area contributed by atoms with Crippen molar-refractivity contribution < 1.29 is 9.72 Å². The van der Waals surface area contributed by atoms with Gasteiger partial charge in [-0.2, -0.15) is 0 Å². The minimum atomic E-state index is -0.570. The van der Waals surface area contributed by atoms with E-state index in [1.165, 1.54) is 6.07 Å². The number of nitrogens with zero attached hydrogens (tertiary/aromatic N) is 4. The van der Waals surface area contributed by atoms with E-state index >= 15 is 0 Å². The maximum atomic E-state index is 12.6. The van der Waals surface area contributed by atoms with Crippen LogP contribution in [0.25, 0.3) is 0 Å². The first-order chi connectivity index (χ1) is 9.93. The maximum Gasteiger partial charge on any atom is 0.300 e. The summed E-state index contributed by atoms with van der Waals surface area (Å²) in [6, 6.07) is 1.72. The number of amides is 1. The van der Waals surface area contributed by atoms with E-state index in [2.05, 4.69) is 15.2 Å². The topological polar surface area (TPSA) is 91.6 Å². The summed E-state index contributed by atoms with van der Waals surface area (Å²) in [5.41, 5.74) is -0.175. The zero-order chi connectivity index (χ0) is 15.6. The molecule has 0 aliphatic carbocycles. The molecule has 1 saturated heterocycles. The van der Waals surface area contributed by atoms with Gasteiger partial charge in [0.2, 0.25) is 0 Å². The van der Waals surface area contributed by atoms with Crippen LogP contribution in [0.5, 0.6) is 0 Å². The zero-order valence-corrected chi connectivity index (χ0v) is 12.4. The number of anilines is 1. The zero-order valence-electron chi connectivity index (χ0n) is 12.4. The van der Waals surface area contributed by atoms with Crippen molar-refractivity contribution >= 4 is 17.4 Å². The Morgan fingerprint density at radius 2 is 2.29 bits per heavy atom. The van der Waals surface area contributed by atoms with Crippen molar-refractivity contribution in [2.75, 3.05) is 39.5 Å². The molecule has 2 heterocycles. The minimum Gasteiger partial charge on any atom is -0.373 e. The highest BCUT2D eigenvalue weighted by molar-refractivity contribution is 5.98. The van der Waals surface area contributed by atoms with Gasteiger partial charge in [-0.25, -0.2) is 4.98 Å². The Morgan fingerprint density at radius 3 is 2.81 bits per heavy atom. The van der Waals surface area contributed by atoms with Gasteiger partial charge in [0, 0.05) is 32.2 Å². The number of hydrogen-bond donors (Lipinski definition) is 1. The van der Waals surface area contributed by atoms with E-state index in [1.807, 2.05) is 14.1 Å². The van der Waals surface area contributed by atoms with E-state index in [1.54, 1.807) is 11.9 Å². The Morgan fingerprint density at radius 1 is 1.57 bits per heavy atom. The fourth-order valence-corrected chi connectivity index (χ4v) is 2.42. The first-order valence-electron chi connectivity index (χ1n) is 6.72. The molecule has 0 radical (unpaired) electrons. The first kappa shape index (κ1) is 15.2. The third kappa shape index (κ3) is 3.10. The third-order valence-electron chi connectivity index (χ3n) is 3.75. The first-order valence-corrected chi connectivity index (χ1v) is 6.72. The van der Waals surface area contributed by atoms with Crippen LogP contribution >= 0.6 is 0 Å². The summed E-state index contributed by atoms with van der Waals surface area (Å²) in [7, 11) is 5.58. The van der Waals surface area contributed by atoms with Crippen LogP contribution in [0.15, 0.2) is 12.3 Å². The average Bonchev–Trinajstić information content (AvgIpc) is 2.95. The largest absolute Gasteiger partial charge is 0.373 e. The van der Waals surface area contributed by atoms with E-state index in [9.17, 15) is 14.9 Å². The van der Waals surface area contributed by atoms with Crippen LogP contribution in [0.3, 0.4) is 0 Å². The quantitative estimate of drug-likeness (QED) is 0.652. The number of carbonyl (C=O) groups is 1. The SMILES string of the molecule is CNc1cc(C(=O)N2CCC(N(C)C)C2)c([N+](=O)[O-])cn1. The molecule has 0 bridgehead atoms. The Balaban J connectivity index is 2.28. The van der Waals surface area contributed by atoms with Gasteiger partial charge < -0.3 is 15.1 Å². The predicted octanol–water partition coefficient (Wildman–Crippen LogP) is 0.808. The average molecular weight is 293 g/mol. The van der Waals surface area contributed by atoms with E-state index < -0.39 is 4.92 Å². The molecule has 1 fully saturated rings. The lowest BCUT2D eigenvalue weighted by Gasteiger charge is -2.20. The smallest absolute Gasteiger partial charge is 0.300 e. The molecule has 1 N–H and O–H groups in total. The van der Waals surface area contributed by atoms with Crippen LogP contribution in [-0.4, -0.2) is 65.9 Å². The number of hydrogen-bond acceptors (Lipinski definition) is 6. The molecule has 1 atom stereocenters. The highest BCUT2D eigenvalue weighted by Gasteiger charge is 2.31. The summed E-state index contributed by atoms with van der Waals surface area (Å²) >= 11 is 0. The number of likely N-dealkylation sites (tertiary alicyclic amines) is 1. The molecule has 114 valence electrons. The molecule has 8 nitrogen and oxygen atoms in total. The molecule has 1 aliphatic rings. The van der Waals surface area contributed by atoms with Crippen molar-refractivity contribution in [1.82, 2.24) is 14.8 Å². The maximum absolute atomic E-state index is 12.6. The van der Waals surface area contributed by atoms with Crippen molar-refractivity contribution in [2.45, 2.75) is 12.5 Å². The molecular formula is C13H19N5O3. The third-order valence-corrected chi connectivity index (χ3v) is 3.75. The summed E-state index contributed by atoms with van der Waals surface area (Å²) < 4.78 is 0. The number of nitrogens with one attached hydrogen (secondary N) is 1. The van der Waals surface area contributed by atoms with Crippen LogP contribution in [-0.2, 0) is 0 Å². The van der Waals surface area contributed by atoms with E-state index in [-0.39, 0.29) is 17.2 Å². The van der Waals surface area contributed by atoms with Gasteiger partial charge in [0.25, 0.3) is 11.6 Å². The molecule has 0 saturated carbocycles. The van der Waals surface area contributed by atoms with Gasteiger partial charge >= 0.3 is 0 Å². The van der Waals surface area contributed by atoms with Gasteiger partial charge in [-0.1, -0.05) is 0 Å². The number of pyridine rings is 1. The highest BCUT2D eigenvalue weighted by Crippen LogP contribution is 2.24. The Labute approximate surface area is 122 Å². The normalized spacial score (nSPS) is 18.1. The Bertz CT molecular complexity index is 561. The van der Waals surface area contributed by atoms with Gasteiger partial charge in [0.15, 0.2) is 0 Å². The number of likely N-dealkylation sites (N-methyl/N-ethyl adjacent to an activating group) is 1. The monoisotopic (exact) mass is 293 g/mol. The molecule has 1 amide bonds. The minimum absolute atomic E-state index is 0.0822. The van der Waals surface area contributed by atoms with Crippen LogP contribution in [0.1, 0.15) is 16.8 Å². The van der Waals surface area contributed by atoms with E-state index in [0.717, 1.165) is 12.6 Å². The number of aromatic nitrogens is 1. The van der Waals surface area contributed by atoms with Crippen molar-refractivity contribution in [1.29, 1.82) is 0 Å². The summed E-state index contributed by atoms with van der Waals surface area (Å²) in [5.74, 6) is 0.122. The van der Waals surface area contributed by atoms with Crippen LogP contribution in [0.2, 0.25) is 0 Å². The molecule has 1 aromatic heterocycles. The molecule has 21 heavy (non-hydrogen) atoms. The lowest BCUT2D eigenvalue weighted by atomic mass is 10.2. The lowest BCUT2D eigenvalue weighted by Crippen LogP contribution is -2.34. The molecule has 1 unspecified atom stereocenters. The van der Waals surface area contributed by atoms with Crippen molar-refractivity contribution in [3.05, 3.63) is 27.9 Å². The van der Waals surface area contributed by atoms with Gasteiger partial charge in [0.1, 0.15) is 17.6 Å². The number of carbonyl (C=O) groups excluding carboxylic acids is 1. The van der Waals surface area contributed by atoms with Gasteiger partial charge in [-0.3, -0.25) is 14.9 Å².